The molecule has 5 nitrogen and oxygen atoms in total. The maximum Gasteiger partial charge on any atom is 0.251 e. The Balaban J connectivity index is 2.87. The minimum absolute atomic E-state index is 0.108. The highest BCUT2D eigenvalue weighted by Crippen LogP contribution is 2.18. The molecule has 16 heavy (non-hydrogen) atoms. The van der Waals surface area contributed by atoms with E-state index < -0.39 is 5.54 Å². The van der Waals surface area contributed by atoms with Crippen molar-refractivity contribution in [1.82, 2.24) is 15.5 Å². The number of amides is 2. The lowest BCUT2D eigenvalue weighted by atomic mass is 9.99. The first-order valence-electron chi connectivity index (χ1n) is 5.17. The van der Waals surface area contributed by atoms with Gasteiger partial charge < -0.3 is 10.2 Å². The van der Waals surface area contributed by atoms with Crippen LogP contribution >= 0.6 is 12.2 Å². The van der Waals surface area contributed by atoms with E-state index in [0.717, 1.165) is 0 Å². The Morgan fingerprint density at radius 3 is 2.56 bits per heavy atom. The Kier molecular flexibility index (Phi) is 3.52. The second-order valence-corrected chi connectivity index (χ2v) is 5.01. The number of carbonyl (C=O) groups excluding carboxylic acids is 2. The number of imide groups is 1. The summed E-state index contributed by atoms with van der Waals surface area (Å²) >= 11 is 5.19. The zero-order chi connectivity index (χ0) is 12.5. The third-order valence-corrected chi connectivity index (χ3v) is 2.78. The molecule has 0 radical (unpaired) electrons. The summed E-state index contributed by atoms with van der Waals surface area (Å²) in [6.45, 7) is 7.49. The van der Waals surface area contributed by atoms with Gasteiger partial charge in [-0.25, -0.2) is 0 Å². The van der Waals surface area contributed by atoms with Crippen LogP contribution in [0.1, 0.15) is 27.7 Å². The molecule has 1 heterocycles. The quantitative estimate of drug-likeness (QED) is 0.502. The Morgan fingerprint density at radius 2 is 2.06 bits per heavy atom. The van der Waals surface area contributed by atoms with E-state index in [1.54, 1.807) is 18.7 Å². The van der Waals surface area contributed by atoms with Crippen molar-refractivity contribution in [3.05, 3.63) is 0 Å². The molecule has 1 aliphatic heterocycles. The maximum atomic E-state index is 11.7. The summed E-state index contributed by atoms with van der Waals surface area (Å²) in [4.78, 5) is 24.6. The standard InChI is InChI=1S/C10H17N3O2S/c1-6(2)11-9(16)13-5-7(14)12-8(15)10(13,3)4/h6H,5H2,1-4H3,(H,11,16)(H,12,14,15). The van der Waals surface area contributed by atoms with Crippen molar-refractivity contribution in [2.75, 3.05) is 6.54 Å². The molecule has 2 N–H and O–H groups in total. The summed E-state index contributed by atoms with van der Waals surface area (Å²) in [5, 5.41) is 5.77. The van der Waals surface area contributed by atoms with Crippen molar-refractivity contribution >= 4 is 29.1 Å². The van der Waals surface area contributed by atoms with E-state index in [1.807, 2.05) is 13.8 Å². The van der Waals surface area contributed by atoms with Crippen molar-refractivity contribution in [3.63, 3.8) is 0 Å². The Bertz CT molecular complexity index is 339. The molecule has 1 rings (SSSR count). The highest BCUT2D eigenvalue weighted by molar-refractivity contribution is 7.80. The Hall–Kier alpha value is -1.17. The molecule has 6 heteroatoms. The second-order valence-electron chi connectivity index (χ2n) is 4.63. The summed E-state index contributed by atoms with van der Waals surface area (Å²) in [7, 11) is 0. The Labute approximate surface area is 101 Å². The van der Waals surface area contributed by atoms with E-state index >= 15 is 0 Å². The first-order chi connectivity index (χ1) is 7.25. The van der Waals surface area contributed by atoms with Crippen LogP contribution in [0, 0.1) is 0 Å². The molecule has 90 valence electrons. The summed E-state index contributed by atoms with van der Waals surface area (Å²) in [6, 6.07) is 0.170. The number of nitrogens with zero attached hydrogens (tertiary/aromatic N) is 1. The van der Waals surface area contributed by atoms with Crippen molar-refractivity contribution in [2.45, 2.75) is 39.3 Å². The van der Waals surface area contributed by atoms with Gasteiger partial charge in [0.15, 0.2) is 5.11 Å². The number of hydrogen-bond donors (Lipinski definition) is 2. The number of nitrogens with one attached hydrogen (secondary N) is 2. The van der Waals surface area contributed by atoms with E-state index in [4.69, 9.17) is 12.2 Å². The van der Waals surface area contributed by atoms with Crippen LogP contribution in [0.15, 0.2) is 0 Å². The van der Waals surface area contributed by atoms with Crippen molar-refractivity contribution in [2.24, 2.45) is 0 Å². The molecule has 0 atom stereocenters. The molecular weight excluding hydrogens is 226 g/mol. The average molecular weight is 243 g/mol. The molecule has 0 unspecified atom stereocenters. The van der Waals surface area contributed by atoms with Gasteiger partial charge in [0, 0.05) is 6.04 Å². The highest BCUT2D eigenvalue weighted by atomic mass is 32.1. The van der Waals surface area contributed by atoms with Gasteiger partial charge in [-0.2, -0.15) is 0 Å². The summed E-state index contributed by atoms with van der Waals surface area (Å²) < 4.78 is 0. The highest BCUT2D eigenvalue weighted by Gasteiger charge is 2.42. The molecule has 1 saturated heterocycles. The largest absolute Gasteiger partial charge is 0.360 e. The van der Waals surface area contributed by atoms with Crippen molar-refractivity contribution in [1.29, 1.82) is 0 Å². The van der Waals surface area contributed by atoms with Gasteiger partial charge in [0.05, 0.1) is 0 Å². The fourth-order valence-electron chi connectivity index (χ4n) is 1.43. The zero-order valence-electron chi connectivity index (χ0n) is 9.96. The number of piperazine rings is 1. The smallest absolute Gasteiger partial charge is 0.251 e. The van der Waals surface area contributed by atoms with Gasteiger partial charge in [-0.1, -0.05) is 0 Å². The number of carbonyl (C=O) groups is 2. The van der Waals surface area contributed by atoms with E-state index in [2.05, 4.69) is 10.6 Å². The van der Waals surface area contributed by atoms with Crippen LogP contribution in [0.5, 0.6) is 0 Å². The monoisotopic (exact) mass is 243 g/mol. The van der Waals surface area contributed by atoms with Gasteiger partial charge in [0.2, 0.25) is 5.91 Å². The average Bonchev–Trinajstić information content (AvgIpc) is 2.10. The lowest BCUT2D eigenvalue weighted by molar-refractivity contribution is -0.141. The third-order valence-electron chi connectivity index (χ3n) is 2.44. The van der Waals surface area contributed by atoms with Gasteiger partial charge in [-0.05, 0) is 39.9 Å². The zero-order valence-corrected chi connectivity index (χ0v) is 10.8. The number of hydrogen-bond acceptors (Lipinski definition) is 3. The summed E-state index contributed by atoms with van der Waals surface area (Å²) in [5.74, 6) is -0.645. The van der Waals surface area contributed by atoms with Crippen LogP contribution in [-0.4, -0.2) is 40.0 Å². The van der Waals surface area contributed by atoms with Gasteiger partial charge in [-0.15, -0.1) is 0 Å². The first kappa shape index (κ1) is 12.9. The molecule has 1 fully saturated rings. The molecule has 0 aliphatic carbocycles. The molecule has 0 aromatic rings. The van der Waals surface area contributed by atoms with E-state index in [-0.39, 0.29) is 24.4 Å². The fourth-order valence-corrected chi connectivity index (χ4v) is 1.96. The number of thiocarbonyl (C=S) groups is 1. The Morgan fingerprint density at radius 1 is 1.50 bits per heavy atom. The first-order valence-corrected chi connectivity index (χ1v) is 5.58. The molecule has 0 aromatic carbocycles. The predicted molar refractivity (Wildman–Crippen MR) is 64.8 cm³/mol. The lowest BCUT2D eigenvalue weighted by Crippen LogP contribution is -2.67. The van der Waals surface area contributed by atoms with Gasteiger partial charge in [-0.3, -0.25) is 14.9 Å². The maximum absolute atomic E-state index is 11.7. The van der Waals surface area contributed by atoms with Gasteiger partial charge in [0.25, 0.3) is 5.91 Å². The SMILES string of the molecule is CC(C)NC(=S)N1CC(=O)NC(=O)C1(C)C. The second kappa shape index (κ2) is 4.37. The van der Waals surface area contributed by atoms with E-state index in [0.29, 0.717) is 5.11 Å². The minimum atomic E-state index is -0.799. The molecule has 2 amide bonds. The van der Waals surface area contributed by atoms with Crippen LogP contribution < -0.4 is 10.6 Å². The van der Waals surface area contributed by atoms with Crippen molar-refractivity contribution < 1.29 is 9.59 Å². The molecule has 0 bridgehead atoms. The minimum Gasteiger partial charge on any atom is -0.360 e. The number of rotatable bonds is 1. The molecular formula is C10H17N3O2S. The molecule has 0 aromatic heterocycles. The molecule has 0 saturated carbocycles. The normalized spacial score (nSPS) is 19.7. The van der Waals surface area contributed by atoms with Crippen LogP contribution in [-0.2, 0) is 9.59 Å². The van der Waals surface area contributed by atoms with Gasteiger partial charge >= 0.3 is 0 Å². The predicted octanol–water partition coefficient (Wildman–Crippen LogP) is 0.00630. The van der Waals surface area contributed by atoms with Crippen molar-refractivity contribution in [3.8, 4) is 0 Å². The van der Waals surface area contributed by atoms with Crippen LogP contribution in [0.25, 0.3) is 0 Å². The van der Waals surface area contributed by atoms with E-state index in [1.165, 1.54) is 0 Å². The van der Waals surface area contributed by atoms with Crippen LogP contribution in [0.3, 0.4) is 0 Å². The van der Waals surface area contributed by atoms with Crippen LogP contribution in [0.2, 0.25) is 0 Å². The lowest BCUT2D eigenvalue weighted by Gasteiger charge is -2.42. The van der Waals surface area contributed by atoms with Crippen LogP contribution in [0.4, 0.5) is 0 Å². The summed E-state index contributed by atoms with van der Waals surface area (Å²) in [6.07, 6.45) is 0. The fraction of sp³-hybridized carbons (Fsp3) is 0.700. The van der Waals surface area contributed by atoms with Gasteiger partial charge in [0.1, 0.15) is 12.1 Å². The molecule has 1 aliphatic rings. The van der Waals surface area contributed by atoms with E-state index in [9.17, 15) is 9.59 Å². The summed E-state index contributed by atoms with van der Waals surface area (Å²) in [5.41, 5.74) is -0.799. The topological polar surface area (TPSA) is 61.4 Å². The molecule has 0 spiro atoms. The third kappa shape index (κ3) is 2.49.